The highest BCUT2D eigenvalue weighted by Crippen LogP contribution is 2.46. The van der Waals surface area contributed by atoms with E-state index >= 15 is 0 Å². The number of hydrogen-bond acceptors (Lipinski definition) is 3. The second kappa shape index (κ2) is 4.33. The molecular formula is C12H18O3. The van der Waals surface area contributed by atoms with E-state index in [4.69, 9.17) is 4.74 Å². The van der Waals surface area contributed by atoms with Gasteiger partial charge < -0.3 is 4.74 Å². The molecule has 2 fully saturated rings. The first-order chi connectivity index (χ1) is 7.22. The van der Waals surface area contributed by atoms with Gasteiger partial charge in [0.2, 0.25) is 0 Å². The van der Waals surface area contributed by atoms with Gasteiger partial charge in [-0.25, -0.2) is 0 Å². The number of rotatable bonds is 3. The van der Waals surface area contributed by atoms with Crippen molar-refractivity contribution in [1.82, 2.24) is 0 Å². The van der Waals surface area contributed by atoms with Gasteiger partial charge in [0.1, 0.15) is 5.78 Å². The molecule has 2 saturated carbocycles. The number of carbonyl (C=O) groups excluding carboxylic acids is 2. The molecule has 0 aliphatic heterocycles. The molecule has 2 aliphatic rings. The largest absolute Gasteiger partial charge is 0.466 e. The highest BCUT2D eigenvalue weighted by molar-refractivity contribution is 5.83. The van der Waals surface area contributed by atoms with Gasteiger partial charge in [-0.15, -0.1) is 0 Å². The molecule has 2 atom stereocenters. The van der Waals surface area contributed by atoms with Crippen LogP contribution in [0.4, 0.5) is 0 Å². The third-order valence-electron chi connectivity index (χ3n) is 3.53. The van der Waals surface area contributed by atoms with Gasteiger partial charge in [-0.05, 0) is 38.0 Å². The molecule has 0 saturated heterocycles. The summed E-state index contributed by atoms with van der Waals surface area (Å²) in [6, 6.07) is 0. The molecule has 3 nitrogen and oxygen atoms in total. The third kappa shape index (κ3) is 2.39. The van der Waals surface area contributed by atoms with Crippen LogP contribution in [0.25, 0.3) is 0 Å². The van der Waals surface area contributed by atoms with Crippen LogP contribution >= 0.6 is 0 Å². The smallest absolute Gasteiger partial charge is 0.309 e. The number of ether oxygens (including phenoxy) is 1. The zero-order valence-electron chi connectivity index (χ0n) is 9.20. The minimum absolute atomic E-state index is 0.00449. The van der Waals surface area contributed by atoms with Gasteiger partial charge in [0.15, 0.2) is 0 Å². The van der Waals surface area contributed by atoms with E-state index in [1.165, 1.54) is 12.8 Å². The summed E-state index contributed by atoms with van der Waals surface area (Å²) in [6.07, 6.45) is 4.25. The molecular weight excluding hydrogens is 192 g/mol. The predicted octanol–water partition coefficient (Wildman–Crippen LogP) is 1.94. The molecule has 15 heavy (non-hydrogen) atoms. The number of hydrogen-bond donors (Lipinski definition) is 0. The van der Waals surface area contributed by atoms with Crippen LogP contribution in [0.1, 0.15) is 39.0 Å². The molecule has 0 heterocycles. The van der Waals surface area contributed by atoms with E-state index in [1.54, 1.807) is 0 Å². The third-order valence-corrected chi connectivity index (χ3v) is 3.53. The minimum atomic E-state index is -0.0816. The molecule has 84 valence electrons. The first-order valence-corrected chi connectivity index (χ1v) is 5.90. The molecule has 0 aromatic heterocycles. The maximum Gasteiger partial charge on any atom is 0.309 e. The van der Waals surface area contributed by atoms with Gasteiger partial charge in [-0.3, -0.25) is 9.59 Å². The van der Waals surface area contributed by atoms with E-state index in [1.807, 2.05) is 6.92 Å². The van der Waals surface area contributed by atoms with Gasteiger partial charge >= 0.3 is 5.97 Å². The molecule has 0 radical (unpaired) electrons. The average molecular weight is 210 g/mol. The summed E-state index contributed by atoms with van der Waals surface area (Å²) in [5, 5.41) is 0. The van der Waals surface area contributed by atoms with Crippen LogP contribution in [0.2, 0.25) is 0 Å². The number of Topliss-reactive ketones (excluding diaryl/α,β-unsaturated/α-hetero) is 1. The summed E-state index contributed by atoms with van der Waals surface area (Å²) >= 11 is 0. The van der Waals surface area contributed by atoms with Gasteiger partial charge in [-0.1, -0.05) is 0 Å². The van der Waals surface area contributed by atoms with Crippen LogP contribution in [-0.4, -0.2) is 18.4 Å². The molecule has 2 rings (SSSR count). The molecule has 2 aliphatic carbocycles. The Bertz CT molecular complexity index is 268. The molecule has 0 aromatic carbocycles. The van der Waals surface area contributed by atoms with Crippen LogP contribution in [0, 0.1) is 17.8 Å². The van der Waals surface area contributed by atoms with Crippen molar-refractivity contribution in [2.45, 2.75) is 39.0 Å². The van der Waals surface area contributed by atoms with E-state index < -0.39 is 0 Å². The van der Waals surface area contributed by atoms with Crippen molar-refractivity contribution >= 4 is 11.8 Å². The summed E-state index contributed by atoms with van der Waals surface area (Å²) in [7, 11) is 0. The van der Waals surface area contributed by atoms with E-state index in [-0.39, 0.29) is 17.8 Å². The number of esters is 1. The van der Waals surface area contributed by atoms with Crippen molar-refractivity contribution in [2.75, 3.05) is 6.61 Å². The van der Waals surface area contributed by atoms with Crippen molar-refractivity contribution in [2.24, 2.45) is 17.8 Å². The Morgan fingerprint density at radius 3 is 2.73 bits per heavy atom. The molecule has 0 N–H and O–H groups in total. The topological polar surface area (TPSA) is 43.4 Å². The maximum absolute atomic E-state index is 11.7. The lowest BCUT2D eigenvalue weighted by atomic mass is 9.76. The first kappa shape index (κ1) is 10.7. The summed E-state index contributed by atoms with van der Waals surface area (Å²) in [6.45, 7) is 2.28. The fourth-order valence-electron chi connectivity index (χ4n) is 2.60. The van der Waals surface area contributed by atoms with Gasteiger partial charge in [-0.2, -0.15) is 0 Å². The Kier molecular flexibility index (Phi) is 3.08. The Balaban J connectivity index is 2.00. The fourth-order valence-corrected chi connectivity index (χ4v) is 2.60. The lowest BCUT2D eigenvalue weighted by molar-refractivity contribution is -0.152. The van der Waals surface area contributed by atoms with Crippen molar-refractivity contribution in [1.29, 1.82) is 0 Å². The monoisotopic (exact) mass is 210 g/mol. The molecule has 0 aromatic rings. The Morgan fingerprint density at radius 2 is 2.13 bits per heavy atom. The normalized spacial score (nSPS) is 31.4. The fraction of sp³-hybridized carbons (Fsp3) is 0.833. The summed E-state index contributed by atoms with van der Waals surface area (Å²) in [4.78, 5) is 23.1. The zero-order valence-corrected chi connectivity index (χ0v) is 9.20. The summed E-state index contributed by atoms with van der Waals surface area (Å²) in [5.74, 6) is 1.14. The Hall–Kier alpha value is -0.860. The van der Waals surface area contributed by atoms with E-state index in [2.05, 4.69) is 0 Å². The molecule has 2 unspecified atom stereocenters. The zero-order chi connectivity index (χ0) is 10.8. The van der Waals surface area contributed by atoms with Crippen LogP contribution in [-0.2, 0) is 14.3 Å². The van der Waals surface area contributed by atoms with E-state index in [9.17, 15) is 9.59 Å². The molecule has 0 amide bonds. The van der Waals surface area contributed by atoms with Crippen LogP contribution in [0.15, 0.2) is 0 Å². The van der Waals surface area contributed by atoms with Gasteiger partial charge in [0.25, 0.3) is 0 Å². The van der Waals surface area contributed by atoms with Crippen molar-refractivity contribution in [3.8, 4) is 0 Å². The Morgan fingerprint density at radius 1 is 1.40 bits per heavy atom. The predicted molar refractivity (Wildman–Crippen MR) is 55.2 cm³/mol. The summed E-state index contributed by atoms with van der Waals surface area (Å²) in [5.41, 5.74) is 0. The average Bonchev–Trinajstić information content (AvgIpc) is 3.01. The molecule has 3 heteroatoms. The highest BCUT2D eigenvalue weighted by Gasteiger charge is 2.43. The van der Waals surface area contributed by atoms with Crippen LogP contribution in [0.3, 0.4) is 0 Å². The minimum Gasteiger partial charge on any atom is -0.466 e. The van der Waals surface area contributed by atoms with Crippen LogP contribution in [0.5, 0.6) is 0 Å². The van der Waals surface area contributed by atoms with Gasteiger partial charge in [0, 0.05) is 12.8 Å². The maximum atomic E-state index is 11.7. The first-order valence-electron chi connectivity index (χ1n) is 5.90. The molecule has 0 bridgehead atoms. The van der Waals surface area contributed by atoms with E-state index in [0.29, 0.717) is 37.6 Å². The van der Waals surface area contributed by atoms with Crippen molar-refractivity contribution in [3.05, 3.63) is 0 Å². The number of carbonyl (C=O) groups is 2. The van der Waals surface area contributed by atoms with Gasteiger partial charge in [0.05, 0.1) is 12.5 Å². The SMILES string of the molecule is CCOC(=O)C1CCC(=O)CC1C1CC1. The summed E-state index contributed by atoms with van der Waals surface area (Å²) < 4.78 is 5.07. The number of ketones is 1. The standard InChI is InChI=1S/C12H18O3/c1-2-15-12(14)10-6-5-9(13)7-11(10)8-3-4-8/h8,10-11H,2-7H2,1H3. The second-order valence-electron chi connectivity index (χ2n) is 4.64. The quantitative estimate of drug-likeness (QED) is 0.669. The van der Waals surface area contributed by atoms with E-state index in [0.717, 1.165) is 0 Å². The lowest BCUT2D eigenvalue weighted by Crippen LogP contribution is -2.33. The highest BCUT2D eigenvalue weighted by atomic mass is 16.5. The molecule has 0 spiro atoms. The Labute approximate surface area is 90.2 Å². The van der Waals surface area contributed by atoms with Crippen molar-refractivity contribution in [3.63, 3.8) is 0 Å². The van der Waals surface area contributed by atoms with Crippen LogP contribution < -0.4 is 0 Å². The second-order valence-corrected chi connectivity index (χ2v) is 4.64. The van der Waals surface area contributed by atoms with Crippen molar-refractivity contribution < 1.29 is 14.3 Å². The lowest BCUT2D eigenvalue weighted by Gasteiger charge is -2.28.